The Morgan fingerprint density at radius 2 is 2.14 bits per heavy atom. The molecule has 0 saturated heterocycles. The zero-order valence-electron chi connectivity index (χ0n) is 8.32. The van der Waals surface area contributed by atoms with Crippen molar-refractivity contribution in [2.45, 2.75) is 26.2 Å². The Bertz CT molecular complexity index is 289. The second-order valence-corrected chi connectivity index (χ2v) is 3.67. The van der Waals surface area contributed by atoms with E-state index >= 15 is 0 Å². The highest BCUT2D eigenvalue weighted by molar-refractivity contribution is 6.31. The number of benzene rings is 1. The molecule has 1 aromatic rings. The zero-order chi connectivity index (χ0) is 10.4. The zero-order valence-corrected chi connectivity index (χ0v) is 9.07. The van der Waals surface area contributed by atoms with Crippen molar-refractivity contribution < 1.29 is 4.39 Å². The first-order valence-electron chi connectivity index (χ1n) is 4.93. The number of nitrogens with one attached hydrogen (secondary N) is 1. The Balaban J connectivity index is 2.39. The van der Waals surface area contributed by atoms with Crippen LogP contribution in [0.5, 0.6) is 0 Å². The second-order valence-electron chi connectivity index (χ2n) is 3.26. The van der Waals surface area contributed by atoms with E-state index in [1.165, 1.54) is 18.9 Å². The minimum atomic E-state index is -0.370. The van der Waals surface area contributed by atoms with E-state index in [0.717, 1.165) is 18.7 Å². The van der Waals surface area contributed by atoms with Crippen LogP contribution in [0.25, 0.3) is 0 Å². The maximum atomic E-state index is 12.8. The monoisotopic (exact) mass is 215 g/mol. The first-order chi connectivity index (χ1) is 6.74. The topological polar surface area (TPSA) is 12.0 Å². The molecule has 0 fully saturated rings. The SMILES string of the molecule is CCCCCNc1ccc(F)c(Cl)c1. The summed E-state index contributed by atoms with van der Waals surface area (Å²) in [5.74, 6) is -0.370. The van der Waals surface area contributed by atoms with Crippen LogP contribution < -0.4 is 5.32 Å². The fraction of sp³-hybridized carbons (Fsp3) is 0.455. The number of hydrogen-bond acceptors (Lipinski definition) is 1. The van der Waals surface area contributed by atoms with E-state index in [2.05, 4.69) is 12.2 Å². The average Bonchev–Trinajstić information content (AvgIpc) is 2.18. The van der Waals surface area contributed by atoms with Crippen molar-refractivity contribution in [1.82, 2.24) is 0 Å². The fourth-order valence-corrected chi connectivity index (χ4v) is 1.39. The number of hydrogen-bond donors (Lipinski definition) is 1. The first kappa shape index (κ1) is 11.3. The van der Waals surface area contributed by atoms with Crippen LogP contribution in [0.1, 0.15) is 26.2 Å². The van der Waals surface area contributed by atoms with Gasteiger partial charge in [0.25, 0.3) is 0 Å². The summed E-state index contributed by atoms with van der Waals surface area (Å²) in [5.41, 5.74) is 0.882. The van der Waals surface area contributed by atoms with Gasteiger partial charge < -0.3 is 5.32 Å². The molecular formula is C11H15ClFN. The molecule has 1 rings (SSSR count). The third-order valence-electron chi connectivity index (χ3n) is 2.03. The summed E-state index contributed by atoms with van der Waals surface area (Å²) in [7, 11) is 0. The van der Waals surface area contributed by atoms with E-state index in [9.17, 15) is 4.39 Å². The van der Waals surface area contributed by atoms with Crippen molar-refractivity contribution in [3.8, 4) is 0 Å². The van der Waals surface area contributed by atoms with Gasteiger partial charge in [-0.3, -0.25) is 0 Å². The molecule has 0 aromatic heterocycles. The summed E-state index contributed by atoms with van der Waals surface area (Å²) >= 11 is 5.64. The molecule has 1 N–H and O–H groups in total. The average molecular weight is 216 g/mol. The van der Waals surface area contributed by atoms with E-state index in [1.54, 1.807) is 12.1 Å². The summed E-state index contributed by atoms with van der Waals surface area (Å²) < 4.78 is 12.8. The predicted molar refractivity (Wildman–Crippen MR) is 59.4 cm³/mol. The molecule has 1 nitrogen and oxygen atoms in total. The Labute approximate surface area is 89.3 Å². The normalized spacial score (nSPS) is 10.2. The van der Waals surface area contributed by atoms with E-state index in [4.69, 9.17) is 11.6 Å². The molecule has 0 aliphatic carbocycles. The lowest BCUT2D eigenvalue weighted by Crippen LogP contribution is -2.01. The fourth-order valence-electron chi connectivity index (χ4n) is 1.21. The van der Waals surface area contributed by atoms with Gasteiger partial charge >= 0.3 is 0 Å². The summed E-state index contributed by atoms with van der Waals surface area (Å²) in [6.07, 6.45) is 3.54. The molecule has 1 aromatic carbocycles. The van der Waals surface area contributed by atoms with Crippen molar-refractivity contribution >= 4 is 17.3 Å². The third-order valence-corrected chi connectivity index (χ3v) is 2.32. The van der Waals surface area contributed by atoms with Crippen LogP contribution in [0.2, 0.25) is 5.02 Å². The van der Waals surface area contributed by atoms with Crippen molar-refractivity contribution in [3.05, 3.63) is 29.0 Å². The van der Waals surface area contributed by atoms with Gasteiger partial charge in [-0.05, 0) is 24.6 Å². The maximum absolute atomic E-state index is 12.8. The second kappa shape index (κ2) is 5.86. The Kier molecular flexibility index (Phi) is 4.74. The molecule has 0 bridgehead atoms. The predicted octanol–water partition coefficient (Wildman–Crippen LogP) is 4.08. The summed E-state index contributed by atoms with van der Waals surface area (Å²) in [4.78, 5) is 0. The highest BCUT2D eigenvalue weighted by atomic mass is 35.5. The van der Waals surface area contributed by atoms with Gasteiger partial charge in [-0.15, -0.1) is 0 Å². The molecule has 0 heterocycles. The first-order valence-corrected chi connectivity index (χ1v) is 5.30. The van der Waals surface area contributed by atoms with E-state index < -0.39 is 0 Å². The van der Waals surface area contributed by atoms with Crippen molar-refractivity contribution in [1.29, 1.82) is 0 Å². The Morgan fingerprint density at radius 1 is 1.36 bits per heavy atom. The van der Waals surface area contributed by atoms with Crippen LogP contribution >= 0.6 is 11.6 Å². The van der Waals surface area contributed by atoms with Gasteiger partial charge in [0.15, 0.2) is 0 Å². The summed E-state index contributed by atoms with van der Waals surface area (Å²) in [6.45, 7) is 3.07. The number of anilines is 1. The molecule has 0 spiro atoms. The molecule has 14 heavy (non-hydrogen) atoms. The number of unbranched alkanes of at least 4 members (excludes halogenated alkanes) is 2. The van der Waals surface area contributed by atoms with Gasteiger partial charge in [0.1, 0.15) is 5.82 Å². The van der Waals surface area contributed by atoms with Crippen LogP contribution in [0.4, 0.5) is 10.1 Å². The quantitative estimate of drug-likeness (QED) is 0.730. The van der Waals surface area contributed by atoms with Crippen molar-refractivity contribution in [2.75, 3.05) is 11.9 Å². The van der Waals surface area contributed by atoms with Gasteiger partial charge in [-0.2, -0.15) is 0 Å². The Hall–Kier alpha value is -0.760. The lowest BCUT2D eigenvalue weighted by atomic mass is 10.2. The lowest BCUT2D eigenvalue weighted by molar-refractivity contribution is 0.628. The molecular weight excluding hydrogens is 201 g/mol. The van der Waals surface area contributed by atoms with Gasteiger partial charge in [0.05, 0.1) is 5.02 Å². The molecule has 0 saturated carbocycles. The highest BCUT2D eigenvalue weighted by Gasteiger charge is 1.99. The van der Waals surface area contributed by atoms with Crippen LogP contribution in [-0.2, 0) is 0 Å². The molecule has 3 heteroatoms. The molecule has 0 atom stereocenters. The molecule has 0 aliphatic rings. The van der Waals surface area contributed by atoms with E-state index in [0.29, 0.717) is 0 Å². The van der Waals surface area contributed by atoms with Gasteiger partial charge in [-0.25, -0.2) is 4.39 Å². The van der Waals surface area contributed by atoms with Crippen molar-refractivity contribution in [2.24, 2.45) is 0 Å². The van der Waals surface area contributed by atoms with Crippen LogP contribution in [0.3, 0.4) is 0 Å². The largest absolute Gasteiger partial charge is 0.385 e. The summed E-state index contributed by atoms with van der Waals surface area (Å²) in [5, 5.41) is 3.37. The molecule has 78 valence electrons. The Morgan fingerprint density at radius 3 is 2.79 bits per heavy atom. The standard InChI is InChI=1S/C11H15ClFN/c1-2-3-4-7-14-9-5-6-11(13)10(12)8-9/h5-6,8,14H,2-4,7H2,1H3. The van der Waals surface area contributed by atoms with Crippen LogP contribution in [-0.4, -0.2) is 6.54 Å². The molecule has 0 radical (unpaired) electrons. The highest BCUT2D eigenvalue weighted by Crippen LogP contribution is 2.19. The smallest absolute Gasteiger partial charge is 0.141 e. The van der Waals surface area contributed by atoms with Gasteiger partial charge in [-0.1, -0.05) is 31.4 Å². The lowest BCUT2D eigenvalue weighted by Gasteiger charge is -2.06. The minimum Gasteiger partial charge on any atom is -0.385 e. The van der Waals surface area contributed by atoms with Gasteiger partial charge in [0.2, 0.25) is 0 Å². The van der Waals surface area contributed by atoms with Gasteiger partial charge in [0, 0.05) is 12.2 Å². The van der Waals surface area contributed by atoms with E-state index in [1.807, 2.05) is 0 Å². The minimum absolute atomic E-state index is 0.172. The van der Waals surface area contributed by atoms with Crippen LogP contribution in [0.15, 0.2) is 18.2 Å². The summed E-state index contributed by atoms with van der Waals surface area (Å²) in [6, 6.07) is 4.69. The molecule has 0 unspecified atom stereocenters. The van der Waals surface area contributed by atoms with E-state index in [-0.39, 0.29) is 10.8 Å². The third kappa shape index (κ3) is 3.54. The van der Waals surface area contributed by atoms with Crippen molar-refractivity contribution in [3.63, 3.8) is 0 Å². The maximum Gasteiger partial charge on any atom is 0.141 e. The number of rotatable bonds is 5. The van der Waals surface area contributed by atoms with Crippen LogP contribution in [0, 0.1) is 5.82 Å². The molecule has 0 amide bonds. The molecule has 0 aliphatic heterocycles. The number of halogens is 2.